The number of aryl methyl sites for hydroxylation is 3. The molecule has 0 atom stereocenters. The minimum atomic E-state index is 0.405. The summed E-state index contributed by atoms with van der Waals surface area (Å²) in [5, 5.41) is 3.35. The second-order valence-electron chi connectivity index (χ2n) is 5.99. The molecule has 0 bridgehead atoms. The average Bonchev–Trinajstić information content (AvgIpc) is 2.35. The predicted octanol–water partition coefficient (Wildman–Crippen LogP) is 3.11. The molecule has 1 saturated heterocycles. The smallest absolute Gasteiger partial charge is 0.137 e. The minimum Gasteiger partial charge on any atom is -0.317 e. The molecule has 0 amide bonds. The van der Waals surface area contributed by atoms with Gasteiger partial charge in [-0.1, -0.05) is 17.7 Å². The van der Waals surface area contributed by atoms with Crippen LogP contribution in [0.15, 0.2) is 12.1 Å². The van der Waals surface area contributed by atoms with Crippen LogP contribution in [0.25, 0.3) is 0 Å². The lowest BCUT2D eigenvalue weighted by Crippen LogP contribution is -2.29. The Kier molecular flexibility index (Phi) is 4.76. The summed E-state index contributed by atoms with van der Waals surface area (Å²) in [5.41, 5.74) is 5.04. The number of ketones is 1. The highest BCUT2D eigenvalue weighted by Gasteiger charge is 2.18. The number of nitrogens with one attached hydrogen (secondary N) is 1. The van der Waals surface area contributed by atoms with Crippen LogP contribution < -0.4 is 5.32 Å². The van der Waals surface area contributed by atoms with Crippen molar-refractivity contribution in [2.75, 3.05) is 13.1 Å². The Morgan fingerprint density at radius 2 is 1.74 bits per heavy atom. The molecular formula is C17H25NO. The van der Waals surface area contributed by atoms with Crippen LogP contribution in [0.3, 0.4) is 0 Å². The zero-order chi connectivity index (χ0) is 13.8. The quantitative estimate of drug-likeness (QED) is 0.900. The van der Waals surface area contributed by atoms with Crippen LogP contribution >= 0.6 is 0 Å². The Labute approximate surface area is 116 Å². The van der Waals surface area contributed by atoms with Crippen molar-refractivity contribution in [2.45, 2.75) is 46.5 Å². The first kappa shape index (κ1) is 14.3. The van der Waals surface area contributed by atoms with E-state index in [2.05, 4.69) is 38.2 Å². The van der Waals surface area contributed by atoms with E-state index >= 15 is 0 Å². The van der Waals surface area contributed by atoms with Gasteiger partial charge in [-0.05, 0) is 69.3 Å². The number of rotatable bonds is 4. The standard InChI is InChI=1S/C17H25NO/c1-12-8-13(2)17(14(3)9-12)11-16(19)10-15-4-6-18-7-5-15/h8-9,15,18H,4-7,10-11H2,1-3H3. The molecule has 19 heavy (non-hydrogen) atoms. The minimum absolute atomic E-state index is 0.405. The fraction of sp³-hybridized carbons (Fsp3) is 0.588. The number of carbonyl (C=O) groups excluding carboxylic acids is 1. The van der Waals surface area contributed by atoms with Gasteiger partial charge in [0.25, 0.3) is 0 Å². The first-order valence-electron chi connectivity index (χ1n) is 7.35. The Bertz CT molecular complexity index is 435. The summed E-state index contributed by atoms with van der Waals surface area (Å²) < 4.78 is 0. The van der Waals surface area contributed by atoms with Crippen molar-refractivity contribution in [3.8, 4) is 0 Å². The zero-order valence-corrected chi connectivity index (χ0v) is 12.4. The molecule has 104 valence electrons. The molecule has 0 saturated carbocycles. The fourth-order valence-electron chi connectivity index (χ4n) is 3.17. The number of hydrogen-bond donors (Lipinski definition) is 1. The van der Waals surface area contributed by atoms with Crippen LogP contribution in [-0.4, -0.2) is 18.9 Å². The van der Waals surface area contributed by atoms with Gasteiger partial charge in [0.1, 0.15) is 5.78 Å². The molecular weight excluding hydrogens is 234 g/mol. The molecule has 1 heterocycles. The van der Waals surface area contributed by atoms with Gasteiger partial charge in [-0.25, -0.2) is 0 Å². The molecule has 0 aromatic heterocycles. The lowest BCUT2D eigenvalue weighted by atomic mass is 9.89. The van der Waals surface area contributed by atoms with Crippen molar-refractivity contribution in [1.29, 1.82) is 0 Å². The number of benzene rings is 1. The van der Waals surface area contributed by atoms with Crippen molar-refractivity contribution in [2.24, 2.45) is 5.92 Å². The average molecular weight is 259 g/mol. The highest BCUT2D eigenvalue weighted by atomic mass is 16.1. The summed E-state index contributed by atoms with van der Waals surface area (Å²) in [5.74, 6) is 1.00. The van der Waals surface area contributed by atoms with Crippen molar-refractivity contribution in [3.05, 3.63) is 34.4 Å². The van der Waals surface area contributed by atoms with Crippen molar-refractivity contribution in [3.63, 3.8) is 0 Å². The van der Waals surface area contributed by atoms with Gasteiger partial charge in [0.05, 0.1) is 0 Å². The molecule has 0 unspecified atom stereocenters. The molecule has 2 rings (SSSR count). The Balaban J connectivity index is 1.98. The van der Waals surface area contributed by atoms with Crippen LogP contribution in [0.1, 0.15) is 41.5 Å². The van der Waals surface area contributed by atoms with Gasteiger partial charge in [0, 0.05) is 12.8 Å². The molecule has 1 aliphatic rings. The number of piperidine rings is 1. The van der Waals surface area contributed by atoms with Crippen LogP contribution in [0.5, 0.6) is 0 Å². The van der Waals surface area contributed by atoms with E-state index in [1.807, 2.05) is 0 Å². The third kappa shape index (κ3) is 3.90. The summed E-state index contributed by atoms with van der Waals surface area (Å²) in [6.07, 6.45) is 3.67. The van der Waals surface area contributed by atoms with Crippen LogP contribution in [0.4, 0.5) is 0 Å². The molecule has 1 aromatic rings. The molecule has 1 aliphatic heterocycles. The monoisotopic (exact) mass is 259 g/mol. The largest absolute Gasteiger partial charge is 0.317 e. The molecule has 2 nitrogen and oxygen atoms in total. The summed E-state index contributed by atoms with van der Waals surface area (Å²) in [6.45, 7) is 8.49. The van der Waals surface area contributed by atoms with Gasteiger partial charge < -0.3 is 5.32 Å². The maximum atomic E-state index is 12.2. The maximum absolute atomic E-state index is 12.2. The summed E-state index contributed by atoms with van der Waals surface area (Å²) in [4.78, 5) is 12.2. The van der Waals surface area contributed by atoms with E-state index in [0.29, 0.717) is 18.1 Å². The number of hydrogen-bond acceptors (Lipinski definition) is 2. The van der Waals surface area contributed by atoms with E-state index in [9.17, 15) is 4.79 Å². The van der Waals surface area contributed by atoms with E-state index in [-0.39, 0.29) is 0 Å². The van der Waals surface area contributed by atoms with Crippen LogP contribution in [0.2, 0.25) is 0 Å². The van der Waals surface area contributed by atoms with Gasteiger partial charge in [-0.15, -0.1) is 0 Å². The molecule has 1 fully saturated rings. The van der Waals surface area contributed by atoms with Crippen molar-refractivity contribution in [1.82, 2.24) is 5.32 Å². The summed E-state index contributed by atoms with van der Waals surface area (Å²) in [7, 11) is 0. The normalized spacial score (nSPS) is 16.6. The molecule has 1 N–H and O–H groups in total. The highest BCUT2D eigenvalue weighted by molar-refractivity contribution is 5.81. The Morgan fingerprint density at radius 1 is 1.16 bits per heavy atom. The first-order chi connectivity index (χ1) is 9.06. The van der Waals surface area contributed by atoms with E-state index < -0.39 is 0 Å². The summed E-state index contributed by atoms with van der Waals surface area (Å²) >= 11 is 0. The van der Waals surface area contributed by atoms with Gasteiger partial charge in [-0.2, -0.15) is 0 Å². The first-order valence-corrected chi connectivity index (χ1v) is 7.35. The van der Waals surface area contributed by atoms with Crippen LogP contribution in [-0.2, 0) is 11.2 Å². The Hall–Kier alpha value is -1.15. The topological polar surface area (TPSA) is 29.1 Å². The van der Waals surface area contributed by atoms with E-state index in [4.69, 9.17) is 0 Å². The number of carbonyl (C=O) groups is 1. The Morgan fingerprint density at radius 3 is 2.32 bits per heavy atom. The van der Waals surface area contributed by atoms with Crippen molar-refractivity contribution >= 4 is 5.78 Å². The maximum Gasteiger partial charge on any atom is 0.137 e. The van der Waals surface area contributed by atoms with E-state index in [1.165, 1.54) is 22.3 Å². The number of Topliss-reactive ketones (excluding diaryl/α,β-unsaturated/α-hetero) is 1. The highest BCUT2D eigenvalue weighted by Crippen LogP contribution is 2.21. The second-order valence-corrected chi connectivity index (χ2v) is 5.99. The van der Waals surface area contributed by atoms with Gasteiger partial charge in [0.2, 0.25) is 0 Å². The molecule has 0 spiro atoms. The molecule has 2 heteroatoms. The third-order valence-corrected chi connectivity index (χ3v) is 4.19. The molecule has 0 aliphatic carbocycles. The fourth-order valence-corrected chi connectivity index (χ4v) is 3.17. The predicted molar refractivity (Wildman–Crippen MR) is 79.6 cm³/mol. The lowest BCUT2D eigenvalue weighted by molar-refractivity contribution is -0.119. The lowest BCUT2D eigenvalue weighted by Gasteiger charge is -2.22. The molecule has 0 radical (unpaired) electrons. The van der Waals surface area contributed by atoms with E-state index in [1.54, 1.807) is 0 Å². The zero-order valence-electron chi connectivity index (χ0n) is 12.4. The van der Waals surface area contributed by atoms with Gasteiger partial charge >= 0.3 is 0 Å². The van der Waals surface area contributed by atoms with Gasteiger partial charge in [0.15, 0.2) is 0 Å². The van der Waals surface area contributed by atoms with Crippen molar-refractivity contribution < 1.29 is 4.79 Å². The van der Waals surface area contributed by atoms with E-state index in [0.717, 1.165) is 32.4 Å². The SMILES string of the molecule is Cc1cc(C)c(CC(=O)CC2CCNCC2)c(C)c1. The van der Waals surface area contributed by atoms with Crippen LogP contribution in [0, 0.1) is 26.7 Å². The molecule has 1 aromatic carbocycles. The second kappa shape index (κ2) is 6.33. The van der Waals surface area contributed by atoms with Gasteiger partial charge in [-0.3, -0.25) is 4.79 Å². The summed E-state index contributed by atoms with van der Waals surface area (Å²) in [6, 6.07) is 4.36. The third-order valence-electron chi connectivity index (χ3n) is 4.19.